The number of anilines is 9. The number of fused-ring (bicyclic) bond motifs is 5. The first-order valence-electron chi connectivity index (χ1n) is 45.6. The molecule has 0 fully saturated rings. The topological polar surface area (TPSA) is 147 Å². The number of aliphatic hydroxyl groups excluding tert-OH is 1. The Bertz CT molecular complexity index is 5520. The average molecular weight is 1740 g/mol. The van der Waals surface area contributed by atoms with Gasteiger partial charge in [-0.3, -0.25) is 4.79 Å². The third-order valence-corrected chi connectivity index (χ3v) is 23.9. The van der Waals surface area contributed by atoms with E-state index in [0.29, 0.717) is 76.3 Å². The van der Waals surface area contributed by atoms with Crippen LogP contribution in [0.15, 0.2) is 231 Å². The molecule has 0 radical (unpaired) electrons. The molecule has 15 nitrogen and oxygen atoms in total. The van der Waals surface area contributed by atoms with Gasteiger partial charge in [-0.1, -0.05) is 205 Å². The van der Waals surface area contributed by atoms with Gasteiger partial charge in [0.1, 0.15) is 17.9 Å². The van der Waals surface area contributed by atoms with Crippen LogP contribution in [-0.2, 0) is 62.4 Å². The van der Waals surface area contributed by atoms with Crippen LogP contribution in [0, 0.1) is 69.2 Å². The Hall–Kier alpha value is -11.5. The van der Waals surface area contributed by atoms with E-state index < -0.39 is 11.4 Å². The van der Waals surface area contributed by atoms with E-state index in [1.54, 1.807) is 21.0 Å². The van der Waals surface area contributed by atoms with Gasteiger partial charge in [-0.15, -0.1) is 0 Å². The molecule has 0 saturated carbocycles. The molecule has 0 atom stereocenters. The van der Waals surface area contributed by atoms with Crippen LogP contribution in [0.5, 0.6) is 17.2 Å². The summed E-state index contributed by atoms with van der Waals surface area (Å²) in [7, 11) is 1.63. The van der Waals surface area contributed by atoms with Crippen LogP contribution >= 0.6 is 0 Å². The van der Waals surface area contributed by atoms with Crippen molar-refractivity contribution in [2.75, 3.05) is 108 Å². The number of ketones is 1. The van der Waals surface area contributed by atoms with Gasteiger partial charge < -0.3 is 62.4 Å². The summed E-state index contributed by atoms with van der Waals surface area (Å²) in [6.07, 6.45) is 3.61. The predicted molar refractivity (Wildman–Crippen MR) is 527 cm³/mol. The standard InChI is InChI=1S/C46H56O11.C44H52N2.C24H25NO/c1-6-56-45(49)41-30-37(11-14-44(41)57-26-25-54-22-21-52-18-17-50-5)46(42-27-32(2)7-12-38(42)39-13-8-33(3)28-43(39)46)36-10-9-35(40(29-36)34(4)48)31-55-24-23-53-20-19-51-16-15-47;1-29-13-17-37(18-14-29)45(41-31(3)25-35(26-32(41)4)43(7,8)9)39-21-23-40(24-22-39)46(38-19-15-30(2)16-20-38)42-33(5)27-36(28-34(42)6)44(10,11)12;1-4-5-6-19-9-11-20(12-10-19)25-21-13-7-17(2)15-23(21)26-24-16-18(3)8-14-22(24)25/h7-14,27-30,47H,6,15-26,31H2,1-5H3;13-28H,1-12H3;7-16H,4-6H2,1-3H3. The number of Topliss-reactive ketones (excluding diaryl/α,β-unsaturated/α-hetero) is 1. The summed E-state index contributed by atoms with van der Waals surface area (Å²) in [6.45, 7) is 45.5. The zero-order chi connectivity index (χ0) is 92.3. The van der Waals surface area contributed by atoms with Gasteiger partial charge in [-0.2, -0.15) is 0 Å². The zero-order valence-corrected chi connectivity index (χ0v) is 79.7. The highest BCUT2D eigenvalue weighted by molar-refractivity contribution is 5.98. The number of unbranched alkanes of at least 4 members (excludes halogenated alkanes) is 1. The molecule has 0 unspecified atom stereocenters. The molecule has 12 aromatic rings. The number of nitrogens with zero attached hydrogens (tertiary/aromatic N) is 3. The first-order chi connectivity index (χ1) is 61.9. The van der Waals surface area contributed by atoms with Crippen LogP contribution < -0.4 is 24.2 Å². The monoisotopic (exact) mass is 1740 g/mol. The fourth-order valence-electron chi connectivity index (χ4n) is 17.2. The van der Waals surface area contributed by atoms with Crippen LogP contribution in [0.2, 0.25) is 0 Å². The van der Waals surface area contributed by atoms with Gasteiger partial charge in [0.05, 0.1) is 114 Å². The fourth-order valence-corrected chi connectivity index (χ4v) is 17.2. The molecule has 0 bridgehead atoms. The van der Waals surface area contributed by atoms with E-state index in [-0.39, 0.29) is 49.6 Å². The molecule has 129 heavy (non-hydrogen) atoms. The lowest BCUT2D eigenvalue weighted by Crippen LogP contribution is -2.30. The molecule has 1 N–H and O–H groups in total. The number of esters is 1. The van der Waals surface area contributed by atoms with E-state index in [1.807, 2.05) is 30.3 Å². The number of hydrogen-bond donors (Lipinski definition) is 1. The Morgan fingerprint density at radius 1 is 0.426 bits per heavy atom. The lowest BCUT2D eigenvalue weighted by molar-refractivity contribution is 0.00443. The van der Waals surface area contributed by atoms with E-state index in [2.05, 4.69) is 333 Å². The minimum atomic E-state index is -0.913. The molecule has 1 aliphatic heterocycles. The highest BCUT2D eigenvalue weighted by Gasteiger charge is 2.47. The first kappa shape index (κ1) is 96.6. The van der Waals surface area contributed by atoms with Gasteiger partial charge >= 0.3 is 5.97 Å². The molecule has 0 saturated heterocycles. The van der Waals surface area contributed by atoms with Crippen molar-refractivity contribution in [1.29, 1.82) is 0 Å². The summed E-state index contributed by atoms with van der Waals surface area (Å²) >= 11 is 0. The van der Waals surface area contributed by atoms with E-state index in [4.69, 9.17) is 47.7 Å². The molecule has 12 aromatic carbocycles. The number of carbonyl (C=O) groups is 2. The molecular weight excluding hydrogens is 1600 g/mol. The van der Waals surface area contributed by atoms with E-state index in [9.17, 15) is 9.59 Å². The lowest BCUT2D eigenvalue weighted by atomic mass is 9.66. The smallest absolute Gasteiger partial charge is 0.341 e. The van der Waals surface area contributed by atoms with Crippen molar-refractivity contribution < 1.29 is 57.3 Å². The van der Waals surface area contributed by atoms with Gasteiger partial charge in [0.15, 0.2) is 17.3 Å². The van der Waals surface area contributed by atoms with Crippen molar-refractivity contribution in [1.82, 2.24) is 0 Å². The van der Waals surface area contributed by atoms with Crippen molar-refractivity contribution in [3.63, 3.8) is 0 Å². The fraction of sp³-hybridized carbons (Fsp3) is 0.351. The lowest BCUT2D eigenvalue weighted by Gasteiger charge is -2.35. The maximum atomic E-state index is 13.7. The second-order valence-electron chi connectivity index (χ2n) is 36.2. The zero-order valence-electron chi connectivity index (χ0n) is 79.7. The van der Waals surface area contributed by atoms with Crippen LogP contribution in [0.25, 0.3) is 11.1 Å². The Balaban J connectivity index is 0.000000186. The summed E-state index contributed by atoms with van der Waals surface area (Å²) in [5.74, 6) is 1.63. The highest BCUT2D eigenvalue weighted by atomic mass is 16.6. The number of carbonyl (C=O) groups excluding carboxylic acids is 2. The van der Waals surface area contributed by atoms with Gasteiger partial charge in [-0.05, 0) is 299 Å². The normalized spacial score (nSPS) is 12.3. The third kappa shape index (κ3) is 23.4. The number of aliphatic hydroxyl groups is 1. The Labute approximate surface area is 767 Å². The largest absolute Gasteiger partial charge is 0.490 e. The number of benzene rings is 12. The minimum Gasteiger partial charge on any atom is -0.490 e. The predicted octanol–water partition coefficient (Wildman–Crippen LogP) is 26.9. The summed E-state index contributed by atoms with van der Waals surface area (Å²) in [6, 6.07) is 82.8. The molecule has 1 heterocycles. The number of rotatable bonds is 35. The number of hydrogen-bond acceptors (Lipinski definition) is 15. The summed E-state index contributed by atoms with van der Waals surface area (Å²) in [5, 5.41) is 8.85. The quantitative estimate of drug-likeness (QED) is 0.0228. The van der Waals surface area contributed by atoms with Crippen molar-refractivity contribution >= 4 is 62.9 Å². The highest BCUT2D eigenvalue weighted by Crippen LogP contribution is 2.58. The molecular formula is C114H133N3O12. The maximum Gasteiger partial charge on any atom is 0.341 e. The van der Waals surface area contributed by atoms with Gasteiger partial charge in [0.2, 0.25) is 0 Å². The number of ether oxygens (including phenoxy) is 9. The van der Waals surface area contributed by atoms with E-state index in [0.717, 1.165) is 102 Å². The van der Waals surface area contributed by atoms with E-state index >= 15 is 0 Å². The van der Waals surface area contributed by atoms with E-state index in [1.165, 1.54) is 91.1 Å². The molecule has 0 spiro atoms. The van der Waals surface area contributed by atoms with Crippen molar-refractivity contribution in [2.45, 2.75) is 174 Å². The number of aryl methyl sites for hydroxylation is 11. The third-order valence-electron chi connectivity index (χ3n) is 23.9. The Morgan fingerprint density at radius 3 is 1.26 bits per heavy atom. The SMILES string of the molecule is CCCCc1ccc(N2c3ccc(C)cc3Oc3cc(C)ccc32)cc1.CCOC(=O)c1cc(C2(c3ccc(COCCOCCOCCO)c(C(C)=O)c3)c3cc(C)ccc3-c3ccc(C)cc32)ccc1OCCOCCOCCOC.Cc1ccc(N(c2ccc(N(c3ccc(C)cc3)c3c(C)cc(C(C)(C)C)cc3C)cc2)c2c(C)cc(C(C)(C)C)cc2C)cc1. The molecule has 2 aliphatic rings. The van der Waals surface area contributed by atoms with Crippen molar-refractivity contribution in [3.8, 4) is 28.4 Å². The summed E-state index contributed by atoms with van der Waals surface area (Å²) in [5.41, 5.74) is 33.6. The average Bonchev–Trinajstić information content (AvgIpc) is 1.54. The van der Waals surface area contributed by atoms with Crippen LogP contribution in [0.1, 0.15) is 196 Å². The Morgan fingerprint density at radius 2 is 0.829 bits per heavy atom. The molecule has 15 heteroatoms. The Kier molecular flexibility index (Phi) is 33.1. The molecule has 0 amide bonds. The van der Waals surface area contributed by atoms with Gasteiger partial charge in [0.25, 0.3) is 0 Å². The number of methoxy groups -OCH3 is 1. The van der Waals surface area contributed by atoms with Crippen LogP contribution in [-0.4, -0.2) is 110 Å². The first-order valence-corrected chi connectivity index (χ1v) is 45.6. The second-order valence-corrected chi connectivity index (χ2v) is 36.2. The van der Waals surface area contributed by atoms with Crippen LogP contribution in [0.3, 0.4) is 0 Å². The maximum absolute atomic E-state index is 13.7. The molecule has 14 rings (SSSR count). The summed E-state index contributed by atoms with van der Waals surface area (Å²) in [4.78, 5) is 34.3. The molecule has 0 aromatic heterocycles. The second kappa shape index (κ2) is 44.2. The molecule has 676 valence electrons. The van der Waals surface area contributed by atoms with Crippen molar-refractivity contribution in [2.24, 2.45) is 0 Å². The minimum absolute atomic E-state index is 0.0279. The molecule has 1 aliphatic carbocycles. The van der Waals surface area contributed by atoms with Crippen molar-refractivity contribution in [3.05, 3.63) is 342 Å². The van der Waals surface area contributed by atoms with Crippen LogP contribution in [0.4, 0.5) is 51.2 Å². The van der Waals surface area contributed by atoms with Gasteiger partial charge in [-0.25, -0.2) is 4.79 Å². The summed E-state index contributed by atoms with van der Waals surface area (Å²) < 4.78 is 50.9. The van der Waals surface area contributed by atoms with Gasteiger partial charge in [0, 0.05) is 41.1 Å².